The fourth-order valence-electron chi connectivity index (χ4n) is 1.99. The van der Waals surface area contributed by atoms with Gasteiger partial charge >= 0.3 is 0 Å². The van der Waals surface area contributed by atoms with Gasteiger partial charge in [0.2, 0.25) is 5.91 Å². The van der Waals surface area contributed by atoms with Crippen LogP contribution in [0.15, 0.2) is 17.6 Å². The topological polar surface area (TPSA) is 109 Å². The summed E-state index contributed by atoms with van der Waals surface area (Å²) in [6.45, 7) is 0.314. The van der Waals surface area contributed by atoms with Crippen molar-refractivity contribution in [3.63, 3.8) is 0 Å². The smallest absolute Gasteiger partial charge is 0.260 e. The van der Waals surface area contributed by atoms with Crippen molar-refractivity contribution in [2.24, 2.45) is 5.73 Å². The van der Waals surface area contributed by atoms with E-state index in [9.17, 15) is 13.2 Å². The second-order valence-electron chi connectivity index (χ2n) is 3.95. The molecule has 1 aromatic rings. The fourth-order valence-corrected chi connectivity index (χ4v) is 3.55. The maximum Gasteiger partial charge on any atom is 0.260 e. The number of carbonyl (C=O) groups excluding carboxylic acids is 1. The number of piperidine rings is 1. The van der Waals surface area contributed by atoms with Gasteiger partial charge in [-0.1, -0.05) is 6.42 Å². The van der Waals surface area contributed by atoms with Gasteiger partial charge in [0.15, 0.2) is 5.03 Å². The monoisotopic (exact) mass is 258 g/mol. The molecule has 1 amide bonds. The molecule has 1 fully saturated rings. The van der Waals surface area contributed by atoms with Gasteiger partial charge in [-0.2, -0.15) is 4.31 Å². The quantitative estimate of drug-likeness (QED) is 0.757. The summed E-state index contributed by atoms with van der Waals surface area (Å²) in [4.78, 5) is 17.5. The summed E-state index contributed by atoms with van der Waals surface area (Å²) >= 11 is 0. The minimum absolute atomic E-state index is 0.00866. The first-order valence-corrected chi connectivity index (χ1v) is 6.77. The van der Waals surface area contributed by atoms with E-state index in [-0.39, 0.29) is 5.03 Å². The number of H-pyrrole nitrogens is 1. The number of hydrogen-bond acceptors (Lipinski definition) is 4. The van der Waals surface area contributed by atoms with Gasteiger partial charge in [0.1, 0.15) is 6.04 Å². The summed E-state index contributed by atoms with van der Waals surface area (Å²) in [6, 6.07) is -0.753. The summed E-state index contributed by atoms with van der Waals surface area (Å²) in [7, 11) is -3.70. The highest BCUT2D eigenvalue weighted by Gasteiger charge is 2.37. The molecule has 0 aromatic carbocycles. The van der Waals surface area contributed by atoms with Crippen molar-refractivity contribution < 1.29 is 13.2 Å². The summed E-state index contributed by atoms with van der Waals surface area (Å²) in [5, 5.41) is -0.00866. The number of nitrogens with two attached hydrogens (primary N) is 1. The highest BCUT2D eigenvalue weighted by Crippen LogP contribution is 2.23. The number of primary amides is 1. The van der Waals surface area contributed by atoms with E-state index in [0.717, 1.165) is 17.1 Å². The Kier molecular flexibility index (Phi) is 3.16. The molecule has 7 nitrogen and oxygen atoms in total. The highest BCUT2D eigenvalue weighted by atomic mass is 32.2. The minimum atomic E-state index is -3.70. The summed E-state index contributed by atoms with van der Waals surface area (Å²) < 4.78 is 25.6. The number of rotatable bonds is 3. The Balaban J connectivity index is 2.34. The predicted molar refractivity (Wildman–Crippen MR) is 59.3 cm³/mol. The van der Waals surface area contributed by atoms with E-state index in [0.29, 0.717) is 13.0 Å². The van der Waals surface area contributed by atoms with Crippen LogP contribution in [0, 0.1) is 0 Å². The van der Waals surface area contributed by atoms with Crippen LogP contribution in [-0.4, -0.2) is 41.2 Å². The van der Waals surface area contributed by atoms with Crippen molar-refractivity contribution in [3.8, 4) is 0 Å². The zero-order valence-corrected chi connectivity index (χ0v) is 9.98. The molecular weight excluding hydrogens is 244 g/mol. The van der Waals surface area contributed by atoms with E-state index in [1.807, 2.05) is 0 Å². The van der Waals surface area contributed by atoms with Crippen LogP contribution < -0.4 is 5.73 Å². The van der Waals surface area contributed by atoms with Crippen molar-refractivity contribution in [1.82, 2.24) is 14.3 Å². The molecule has 1 saturated heterocycles. The lowest BCUT2D eigenvalue weighted by Gasteiger charge is -2.31. The van der Waals surface area contributed by atoms with Crippen molar-refractivity contribution in [2.75, 3.05) is 6.54 Å². The first-order chi connectivity index (χ1) is 8.03. The van der Waals surface area contributed by atoms with Crippen LogP contribution in [0.25, 0.3) is 0 Å². The highest BCUT2D eigenvalue weighted by molar-refractivity contribution is 7.89. The number of nitrogens with one attached hydrogen (secondary N) is 1. The molecule has 0 saturated carbocycles. The fraction of sp³-hybridized carbons (Fsp3) is 0.556. The van der Waals surface area contributed by atoms with Gasteiger partial charge in [-0.15, -0.1) is 0 Å². The Morgan fingerprint density at radius 3 is 2.88 bits per heavy atom. The van der Waals surface area contributed by atoms with E-state index in [4.69, 9.17) is 5.73 Å². The van der Waals surface area contributed by atoms with Gasteiger partial charge < -0.3 is 10.7 Å². The number of aromatic amines is 1. The summed E-state index contributed by atoms with van der Waals surface area (Å²) in [5.74, 6) is -0.604. The van der Waals surface area contributed by atoms with Crippen LogP contribution in [0.5, 0.6) is 0 Å². The SMILES string of the molecule is NC(=O)C1CCCCN1S(=O)(=O)c1cnc[nH]1. The normalized spacial score (nSPS) is 22.5. The Hall–Kier alpha value is -1.41. The van der Waals surface area contributed by atoms with Crippen LogP contribution in [0.2, 0.25) is 0 Å². The molecule has 8 heteroatoms. The van der Waals surface area contributed by atoms with E-state index in [1.165, 1.54) is 12.5 Å². The number of imidazole rings is 1. The number of amides is 1. The lowest BCUT2D eigenvalue weighted by molar-refractivity contribution is -0.122. The molecule has 2 rings (SSSR count). The zero-order valence-electron chi connectivity index (χ0n) is 9.17. The second kappa shape index (κ2) is 4.46. The zero-order chi connectivity index (χ0) is 12.5. The lowest BCUT2D eigenvalue weighted by Crippen LogP contribution is -2.50. The Bertz CT molecular complexity index is 496. The number of hydrogen-bond donors (Lipinski definition) is 2. The number of sulfonamides is 1. The molecule has 0 spiro atoms. The third-order valence-corrected chi connectivity index (χ3v) is 4.68. The minimum Gasteiger partial charge on any atom is -0.368 e. The molecule has 1 atom stereocenters. The molecule has 17 heavy (non-hydrogen) atoms. The van der Waals surface area contributed by atoms with Gasteiger partial charge in [0.05, 0.1) is 12.5 Å². The summed E-state index contributed by atoms with van der Waals surface area (Å²) in [5.41, 5.74) is 5.24. The standard InChI is InChI=1S/C9H14N4O3S/c10-9(14)7-3-1-2-4-13(7)17(15,16)8-5-11-6-12-8/h5-7H,1-4H2,(H2,10,14)(H,11,12). The van der Waals surface area contributed by atoms with E-state index in [2.05, 4.69) is 9.97 Å². The molecule has 0 aliphatic carbocycles. The van der Waals surface area contributed by atoms with Crippen LogP contribution in [0.3, 0.4) is 0 Å². The van der Waals surface area contributed by atoms with Crippen molar-refractivity contribution >= 4 is 15.9 Å². The van der Waals surface area contributed by atoms with Crippen LogP contribution in [0.4, 0.5) is 0 Å². The van der Waals surface area contributed by atoms with E-state index >= 15 is 0 Å². The average Bonchev–Trinajstić information content (AvgIpc) is 2.83. The molecule has 1 aromatic heterocycles. The van der Waals surface area contributed by atoms with Crippen molar-refractivity contribution in [1.29, 1.82) is 0 Å². The number of carbonyl (C=O) groups is 1. The van der Waals surface area contributed by atoms with E-state index < -0.39 is 22.0 Å². The third kappa shape index (κ3) is 2.18. The number of aromatic nitrogens is 2. The Morgan fingerprint density at radius 1 is 1.53 bits per heavy atom. The summed E-state index contributed by atoms with van der Waals surface area (Å²) in [6.07, 6.45) is 4.53. The molecule has 3 N–H and O–H groups in total. The maximum atomic E-state index is 12.2. The second-order valence-corrected chi connectivity index (χ2v) is 5.80. The van der Waals surface area contributed by atoms with Gasteiger partial charge in [-0.25, -0.2) is 13.4 Å². The Labute approximate surface area is 99.1 Å². The molecule has 1 unspecified atom stereocenters. The maximum absolute atomic E-state index is 12.2. The van der Waals surface area contributed by atoms with Crippen LogP contribution in [-0.2, 0) is 14.8 Å². The molecule has 2 heterocycles. The lowest BCUT2D eigenvalue weighted by atomic mass is 10.0. The molecule has 1 aliphatic heterocycles. The molecule has 0 bridgehead atoms. The first kappa shape index (κ1) is 12.1. The molecule has 94 valence electrons. The largest absolute Gasteiger partial charge is 0.368 e. The Morgan fingerprint density at radius 2 is 2.29 bits per heavy atom. The number of nitrogens with zero attached hydrogens (tertiary/aromatic N) is 2. The van der Waals surface area contributed by atoms with Crippen molar-refractivity contribution in [2.45, 2.75) is 30.3 Å². The van der Waals surface area contributed by atoms with E-state index in [1.54, 1.807) is 0 Å². The first-order valence-electron chi connectivity index (χ1n) is 5.33. The molecule has 0 radical (unpaired) electrons. The van der Waals surface area contributed by atoms with Crippen LogP contribution in [0.1, 0.15) is 19.3 Å². The van der Waals surface area contributed by atoms with Gasteiger partial charge in [0, 0.05) is 6.54 Å². The van der Waals surface area contributed by atoms with Crippen LogP contribution >= 0.6 is 0 Å². The van der Waals surface area contributed by atoms with Gasteiger partial charge in [-0.05, 0) is 12.8 Å². The molecular formula is C9H14N4O3S. The predicted octanol–water partition coefficient (Wildman–Crippen LogP) is -0.562. The average molecular weight is 258 g/mol. The van der Waals surface area contributed by atoms with Crippen molar-refractivity contribution in [3.05, 3.63) is 12.5 Å². The third-order valence-electron chi connectivity index (χ3n) is 2.84. The van der Waals surface area contributed by atoms with Gasteiger partial charge in [0.25, 0.3) is 10.0 Å². The molecule has 1 aliphatic rings. The van der Waals surface area contributed by atoms with Gasteiger partial charge in [-0.3, -0.25) is 4.79 Å².